The average molecular weight is 328 g/mol. The number of fused-ring (bicyclic) bond motifs is 1. The fraction of sp³-hybridized carbons (Fsp3) is 0.190. The summed E-state index contributed by atoms with van der Waals surface area (Å²) in [7, 11) is 0. The summed E-state index contributed by atoms with van der Waals surface area (Å²) in [4.78, 5) is 9.60. The summed E-state index contributed by atoms with van der Waals surface area (Å²) in [6.07, 6.45) is 0. The van der Waals surface area contributed by atoms with Crippen molar-refractivity contribution in [3.63, 3.8) is 0 Å². The lowest BCUT2D eigenvalue weighted by molar-refractivity contribution is 0.548. The van der Waals surface area contributed by atoms with E-state index in [2.05, 4.69) is 61.3 Å². The summed E-state index contributed by atoms with van der Waals surface area (Å²) >= 11 is 0. The van der Waals surface area contributed by atoms with Crippen LogP contribution in [0, 0.1) is 0 Å². The molecule has 2 heterocycles. The predicted octanol–water partition coefficient (Wildman–Crippen LogP) is 4.98. The first-order valence-corrected chi connectivity index (χ1v) is 8.41. The third-order valence-electron chi connectivity index (χ3n) is 4.22. The van der Waals surface area contributed by atoms with Gasteiger partial charge in [0.05, 0.1) is 5.69 Å². The van der Waals surface area contributed by atoms with Crippen molar-refractivity contribution in [3.05, 3.63) is 66.5 Å². The molecule has 0 aliphatic rings. The van der Waals surface area contributed by atoms with Crippen LogP contribution in [-0.2, 0) is 5.41 Å². The van der Waals surface area contributed by atoms with Gasteiger partial charge in [0, 0.05) is 16.4 Å². The number of pyridine rings is 1. The Balaban J connectivity index is 1.94. The maximum Gasteiger partial charge on any atom is 0.200 e. The zero-order valence-electron chi connectivity index (χ0n) is 14.6. The van der Waals surface area contributed by atoms with Gasteiger partial charge in [-0.05, 0) is 11.5 Å². The molecule has 0 amide bonds. The van der Waals surface area contributed by atoms with E-state index in [0.717, 1.165) is 33.5 Å². The van der Waals surface area contributed by atoms with E-state index < -0.39 is 0 Å². The maximum atomic E-state index is 4.89. The number of hydrogen-bond donors (Lipinski definition) is 1. The van der Waals surface area contributed by atoms with Crippen LogP contribution >= 0.6 is 0 Å². The molecule has 0 aliphatic carbocycles. The first-order chi connectivity index (χ1) is 12.0. The fourth-order valence-electron chi connectivity index (χ4n) is 2.83. The summed E-state index contributed by atoms with van der Waals surface area (Å²) in [5.41, 5.74) is 2.74. The number of nitrogens with one attached hydrogen (secondary N) is 1. The lowest BCUT2D eigenvalue weighted by atomic mass is 9.96. The Kier molecular flexibility index (Phi) is 3.61. The SMILES string of the molecule is CC(C)(C)c1nc(-c2nc(-c3ccccc3)cc3ccccc23)n[nH]1. The minimum atomic E-state index is -0.0852. The summed E-state index contributed by atoms with van der Waals surface area (Å²) in [6.45, 7) is 6.34. The second-order valence-electron chi connectivity index (χ2n) is 7.20. The zero-order chi connectivity index (χ0) is 17.4. The first-order valence-electron chi connectivity index (χ1n) is 8.41. The van der Waals surface area contributed by atoms with E-state index in [0.29, 0.717) is 5.82 Å². The molecule has 4 nitrogen and oxygen atoms in total. The van der Waals surface area contributed by atoms with Crippen molar-refractivity contribution in [1.82, 2.24) is 20.2 Å². The van der Waals surface area contributed by atoms with Crippen LogP contribution in [0.3, 0.4) is 0 Å². The Hall–Kier alpha value is -3.01. The molecule has 1 N–H and O–H groups in total. The van der Waals surface area contributed by atoms with Gasteiger partial charge in [0.1, 0.15) is 11.5 Å². The van der Waals surface area contributed by atoms with Gasteiger partial charge >= 0.3 is 0 Å². The van der Waals surface area contributed by atoms with Crippen LogP contribution < -0.4 is 0 Å². The van der Waals surface area contributed by atoms with E-state index in [9.17, 15) is 0 Å². The van der Waals surface area contributed by atoms with Gasteiger partial charge in [-0.25, -0.2) is 9.97 Å². The van der Waals surface area contributed by atoms with Crippen LogP contribution in [0.25, 0.3) is 33.5 Å². The average Bonchev–Trinajstić information content (AvgIpc) is 3.12. The van der Waals surface area contributed by atoms with Gasteiger partial charge in [0.15, 0.2) is 5.82 Å². The summed E-state index contributed by atoms with van der Waals surface area (Å²) in [5, 5.41) is 9.70. The maximum absolute atomic E-state index is 4.89. The normalized spacial score (nSPS) is 11.8. The number of H-pyrrole nitrogens is 1. The van der Waals surface area contributed by atoms with Gasteiger partial charge in [-0.3, -0.25) is 5.10 Å². The number of hydrogen-bond acceptors (Lipinski definition) is 3. The molecule has 2 aromatic heterocycles. The number of aromatic nitrogens is 4. The molecule has 0 saturated carbocycles. The predicted molar refractivity (Wildman–Crippen MR) is 101 cm³/mol. The van der Waals surface area contributed by atoms with Crippen LogP contribution in [-0.4, -0.2) is 20.2 Å². The molecule has 0 aliphatic heterocycles. The molecule has 0 spiro atoms. The largest absolute Gasteiger partial charge is 0.262 e. The van der Waals surface area contributed by atoms with Crippen molar-refractivity contribution in [2.75, 3.05) is 0 Å². The van der Waals surface area contributed by atoms with Gasteiger partial charge in [-0.15, -0.1) is 0 Å². The van der Waals surface area contributed by atoms with Crippen LogP contribution in [0.5, 0.6) is 0 Å². The molecule has 0 atom stereocenters. The lowest BCUT2D eigenvalue weighted by Gasteiger charge is -2.13. The second-order valence-corrected chi connectivity index (χ2v) is 7.20. The molecule has 4 rings (SSSR count). The summed E-state index contributed by atoms with van der Waals surface area (Å²) in [6, 6.07) is 20.5. The Morgan fingerprint density at radius 2 is 1.56 bits per heavy atom. The van der Waals surface area contributed by atoms with Gasteiger partial charge < -0.3 is 0 Å². The molecule has 0 fully saturated rings. The van der Waals surface area contributed by atoms with Crippen LogP contribution in [0.2, 0.25) is 0 Å². The molecule has 124 valence electrons. The van der Waals surface area contributed by atoms with E-state index in [1.165, 1.54) is 0 Å². The standard InChI is InChI=1S/C21H20N4/c1-21(2,3)20-23-19(24-25-20)18-16-12-8-7-11-15(16)13-17(22-18)14-9-5-4-6-10-14/h4-13H,1-3H3,(H,23,24,25). The topological polar surface area (TPSA) is 54.5 Å². The highest BCUT2D eigenvalue weighted by atomic mass is 15.2. The molecule has 4 aromatic rings. The van der Waals surface area contributed by atoms with Crippen molar-refractivity contribution in [2.45, 2.75) is 26.2 Å². The number of rotatable bonds is 2. The minimum absolute atomic E-state index is 0.0852. The van der Waals surface area contributed by atoms with E-state index in [-0.39, 0.29) is 5.41 Å². The van der Waals surface area contributed by atoms with Crippen molar-refractivity contribution >= 4 is 10.8 Å². The fourth-order valence-corrected chi connectivity index (χ4v) is 2.83. The second kappa shape index (κ2) is 5.81. The highest BCUT2D eigenvalue weighted by Gasteiger charge is 2.21. The summed E-state index contributed by atoms with van der Waals surface area (Å²) in [5.74, 6) is 1.50. The molecular weight excluding hydrogens is 308 g/mol. The van der Waals surface area contributed by atoms with Crippen LogP contribution in [0.4, 0.5) is 0 Å². The van der Waals surface area contributed by atoms with E-state index >= 15 is 0 Å². The highest BCUT2D eigenvalue weighted by Crippen LogP contribution is 2.30. The molecular formula is C21H20N4. The molecule has 2 aromatic carbocycles. The number of nitrogens with zero attached hydrogens (tertiary/aromatic N) is 3. The Morgan fingerprint density at radius 1 is 0.840 bits per heavy atom. The third kappa shape index (κ3) is 2.91. The van der Waals surface area contributed by atoms with Gasteiger partial charge in [0.25, 0.3) is 0 Å². The molecule has 0 radical (unpaired) electrons. The molecule has 25 heavy (non-hydrogen) atoms. The molecule has 0 saturated heterocycles. The number of benzene rings is 2. The van der Waals surface area contributed by atoms with Crippen LogP contribution in [0.1, 0.15) is 26.6 Å². The quantitative estimate of drug-likeness (QED) is 0.564. The first kappa shape index (κ1) is 15.5. The molecule has 4 heteroatoms. The zero-order valence-corrected chi connectivity index (χ0v) is 14.6. The third-order valence-corrected chi connectivity index (χ3v) is 4.22. The van der Waals surface area contributed by atoms with Gasteiger partial charge in [0.2, 0.25) is 0 Å². The Bertz CT molecular complexity index is 1030. The van der Waals surface area contributed by atoms with E-state index in [4.69, 9.17) is 9.97 Å². The van der Waals surface area contributed by atoms with Crippen molar-refractivity contribution in [3.8, 4) is 22.8 Å². The smallest absolute Gasteiger partial charge is 0.200 e. The van der Waals surface area contributed by atoms with Crippen molar-refractivity contribution < 1.29 is 0 Å². The minimum Gasteiger partial charge on any atom is -0.262 e. The van der Waals surface area contributed by atoms with Gasteiger partial charge in [-0.1, -0.05) is 75.4 Å². The Morgan fingerprint density at radius 3 is 2.28 bits per heavy atom. The lowest BCUT2D eigenvalue weighted by Crippen LogP contribution is -2.13. The highest BCUT2D eigenvalue weighted by molar-refractivity contribution is 5.95. The van der Waals surface area contributed by atoms with Crippen LogP contribution in [0.15, 0.2) is 60.7 Å². The summed E-state index contributed by atoms with van der Waals surface area (Å²) < 4.78 is 0. The van der Waals surface area contributed by atoms with Crippen molar-refractivity contribution in [1.29, 1.82) is 0 Å². The molecule has 0 unspecified atom stereocenters. The van der Waals surface area contributed by atoms with Crippen molar-refractivity contribution in [2.24, 2.45) is 0 Å². The molecule has 0 bridgehead atoms. The monoisotopic (exact) mass is 328 g/mol. The Labute approximate surface area is 147 Å². The number of aromatic amines is 1. The van der Waals surface area contributed by atoms with Gasteiger partial charge in [-0.2, -0.15) is 5.10 Å². The van der Waals surface area contributed by atoms with E-state index in [1.807, 2.05) is 30.3 Å². The van der Waals surface area contributed by atoms with E-state index in [1.54, 1.807) is 0 Å².